The number of allylic oxidation sites excluding steroid dienone is 1. The Labute approximate surface area is 121 Å². The van der Waals surface area contributed by atoms with Gasteiger partial charge in [0.25, 0.3) is 0 Å². The number of ether oxygens (including phenoxy) is 1. The third kappa shape index (κ3) is 3.70. The Morgan fingerprint density at radius 3 is 2.60 bits per heavy atom. The van der Waals surface area contributed by atoms with E-state index in [4.69, 9.17) is 4.74 Å². The molecule has 1 saturated carbocycles. The van der Waals surface area contributed by atoms with E-state index < -0.39 is 0 Å². The van der Waals surface area contributed by atoms with Crippen LogP contribution in [0.25, 0.3) is 6.08 Å². The van der Waals surface area contributed by atoms with Crippen LogP contribution in [0, 0.1) is 5.92 Å². The molecule has 108 valence electrons. The molecule has 0 radical (unpaired) electrons. The Balaban J connectivity index is 2.13. The van der Waals surface area contributed by atoms with Crippen LogP contribution in [0.15, 0.2) is 29.8 Å². The van der Waals surface area contributed by atoms with Gasteiger partial charge in [0.2, 0.25) is 0 Å². The molecule has 1 aromatic rings. The number of hydrogen-bond acceptors (Lipinski definition) is 3. The second kappa shape index (κ2) is 6.71. The molecule has 1 unspecified atom stereocenters. The summed E-state index contributed by atoms with van der Waals surface area (Å²) in [7, 11) is 5.70. The summed E-state index contributed by atoms with van der Waals surface area (Å²) in [6.07, 6.45) is 5.04. The number of nitrogens with zero attached hydrogens (tertiary/aromatic N) is 1. The van der Waals surface area contributed by atoms with Gasteiger partial charge in [0.05, 0.1) is 7.11 Å². The first kappa shape index (κ1) is 14.8. The van der Waals surface area contributed by atoms with E-state index in [2.05, 4.69) is 4.90 Å². The lowest BCUT2D eigenvalue weighted by Crippen LogP contribution is -2.31. The Morgan fingerprint density at radius 1 is 1.30 bits per heavy atom. The zero-order valence-corrected chi connectivity index (χ0v) is 12.6. The van der Waals surface area contributed by atoms with Crippen LogP contribution in [0.3, 0.4) is 0 Å². The van der Waals surface area contributed by atoms with E-state index in [9.17, 15) is 4.79 Å². The normalized spacial score (nSPS) is 21.5. The molecular weight excluding hydrogens is 250 g/mol. The van der Waals surface area contributed by atoms with Crippen molar-refractivity contribution in [2.75, 3.05) is 27.7 Å². The van der Waals surface area contributed by atoms with Crippen LogP contribution < -0.4 is 4.74 Å². The molecule has 1 aliphatic rings. The van der Waals surface area contributed by atoms with Crippen LogP contribution in [-0.2, 0) is 4.79 Å². The van der Waals surface area contributed by atoms with Crippen molar-refractivity contribution in [2.45, 2.75) is 19.3 Å². The van der Waals surface area contributed by atoms with Gasteiger partial charge in [-0.3, -0.25) is 4.79 Å². The third-order valence-corrected chi connectivity index (χ3v) is 3.73. The molecule has 0 aromatic heterocycles. The quantitative estimate of drug-likeness (QED) is 0.790. The Morgan fingerprint density at radius 2 is 2.00 bits per heavy atom. The van der Waals surface area contributed by atoms with Crippen molar-refractivity contribution in [3.05, 3.63) is 35.4 Å². The number of Topliss-reactive ketones (excluding diaryl/α,β-unsaturated/α-hetero) is 1. The van der Waals surface area contributed by atoms with E-state index in [0.717, 1.165) is 42.7 Å². The molecule has 3 heteroatoms. The molecule has 2 rings (SSSR count). The van der Waals surface area contributed by atoms with Gasteiger partial charge in [-0.15, -0.1) is 0 Å². The van der Waals surface area contributed by atoms with Crippen LogP contribution in [0.2, 0.25) is 0 Å². The van der Waals surface area contributed by atoms with Crippen molar-refractivity contribution < 1.29 is 9.53 Å². The first-order valence-corrected chi connectivity index (χ1v) is 7.13. The summed E-state index contributed by atoms with van der Waals surface area (Å²) in [4.78, 5) is 14.6. The smallest absolute Gasteiger partial charge is 0.163 e. The molecule has 0 spiro atoms. The van der Waals surface area contributed by atoms with Gasteiger partial charge in [-0.25, -0.2) is 0 Å². The first-order chi connectivity index (χ1) is 9.60. The van der Waals surface area contributed by atoms with Crippen LogP contribution in [0.4, 0.5) is 0 Å². The van der Waals surface area contributed by atoms with E-state index in [1.54, 1.807) is 7.11 Å². The van der Waals surface area contributed by atoms with Gasteiger partial charge in [0, 0.05) is 12.5 Å². The van der Waals surface area contributed by atoms with Crippen LogP contribution in [0.1, 0.15) is 24.8 Å². The maximum Gasteiger partial charge on any atom is 0.163 e. The van der Waals surface area contributed by atoms with E-state index in [0.29, 0.717) is 5.78 Å². The number of rotatable bonds is 4. The van der Waals surface area contributed by atoms with E-state index in [1.807, 2.05) is 44.4 Å². The lowest BCUT2D eigenvalue weighted by molar-refractivity contribution is -0.120. The molecule has 0 amide bonds. The fourth-order valence-electron chi connectivity index (χ4n) is 2.71. The lowest BCUT2D eigenvalue weighted by atomic mass is 9.83. The fourth-order valence-corrected chi connectivity index (χ4v) is 2.71. The second-order valence-corrected chi connectivity index (χ2v) is 5.66. The molecule has 1 aliphatic carbocycles. The predicted octanol–water partition coefficient (Wildman–Crippen LogP) is 3.01. The predicted molar refractivity (Wildman–Crippen MR) is 81.9 cm³/mol. The molecular formula is C17H23NO2. The van der Waals surface area contributed by atoms with Gasteiger partial charge >= 0.3 is 0 Å². The van der Waals surface area contributed by atoms with Gasteiger partial charge in [-0.05, 0) is 62.7 Å². The molecule has 1 atom stereocenters. The van der Waals surface area contributed by atoms with Crippen LogP contribution in [-0.4, -0.2) is 38.4 Å². The summed E-state index contributed by atoms with van der Waals surface area (Å²) in [5.41, 5.74) is 2.04. The van der Waals surface area contributed by atoms with Crippen molar-refractivity contribution in [1.82, 2.24) is 4.90 Å². The summed E-state index contributed by atoms with van der Waals surface area (Å²) in [5, 5.41) is 0. The lowest BCUT2D eigenvalue weighted by Gasteiger charge is -2.25. The molecule has 0 heterocycles. The Hall–Kier alpha value is -1.61. The van der Waals surface area contributed by atoms with Crippen molar-refractivity contribution in [2.24, 2.45) is 5.92 Å². The highest BCUT2D eigenvalue weighted by Gasteiger charge is 2.26. The van der Waals surface area contributed by atoms with Crippen molar-refractivity contribution in [3.8, 4) is 5.75 Å². The number of carbonyl (C=O) groups excluding carboxylic acids is 1. The fraction of sp³-hybridized carbons (Fsp3) is 0.471. The third-order valence-electron chi connectivity index (χ3n) is 3.73. The maximum absolute atomic E-state index is 12.5. The Kier molecular flexibility index (Phi) is 4.96. The number of benzene rings is 1. The number of methoxy groups -OCH3 is 1. The second-order valence-electron chi connectivity index (χ2n) is 5.66. The molecule has 0 bridgehead atoms. The average molecular weight is 273 g/mol. The van der Waals surface area contributed by atoms with Crippen LogP contribution >= 0.6 is 0 Å². The van der Waals surface area contributed by atoms with Crippen molar-refractivity contribution in [1.29, 1.82) is 0 Å². The largest absolute Gasteiger partial charge is 0.497 e. The highest BCUT2D eigenvalue weighted by atomic mass is 16.5. The van der Waals surface area contributed by atoms with E-state index in [1.165, 1.54) is 0 Å². The van der Waals surface area contributed by atoms with Crippen molar-refractivity contribution >= 4 is 11.9 Å². The zero-order chi connectivity index (χ0) is 14.5. The SMILES string of the molecule is COc1ccc(/C=C2/CCCC(CN(C)C)C2=O)cc1. The summed E-state index contributed by atoms with van der Waals surface area (Å²) in [6, 6.07) is 7.84. The summed E-state index contributed by atoms with van der Waals surface area (Å²) in [6.45, 7) is 0.846. The zero-order valence-electron chi connectivity index (χ0n) is 12.6. The molecule has 0 N–H and O–H groups in total. The van der Waals surface area contributed by atoms with Gasteiger partial charge in [-0.2, -0.15) is 0 Å². The number of ketones is 1. The minimum absolute atomic E-state index is 0.156. The Bertz CT molecular complexity index is 488. The molecule has 0 saturated heterocycles. The number of carbonyl (C=O) groups is 1. The minimum atomic E-state index is 0.156. The number of hydrogen-bond donors (Lipinski definition) is 0. The molecule has 1 aromatic carbocycles. The molecule has 0 aliphatic heterocycles. The van der Waals surface area contributed by atoms with Gasteiger partial charge in [0.15, 0.2) is 5.78 Å². The first-order valence-electron chi connectivity index (χ1n) is 7.13. The maximum atomic E-state index is 12.5. The van der Waals surface area contributed by atoms with Gasteiger partial charge < -0.3 is 9.64 Å². The van der Waals surface area contributed by atoms with E-state index in [-0.39, 0.29) is 5.92 Å². The highest BCUT2D eigenvalue weighted by molar-refractivity contribution is 6.01. The highest BCUT2D eigenvalue weighted by Crippen LogP contribution is 2.27. The van der Waals surface area contributed by atoms with Crippen molar-refractivity contribution in [3.63, 3.8) is 0 Å². The summed E-state index contributed by atoms with van der Waals surface area (Å²) in [5.74, 6) is 1.32. The van der Waals surface area contributed by atoms with Gasteiger partial charge in [-0.1, -0.05) is 12.1 Å². The average Bonchev–Trinajstić information content (AvgIpc) is 2.43. The van der Waals surface area contributed by atoms with Gasteiger partial charge in [0.1, 0.15) is 5.75 Å². The molecule has 1 fully saturated rings. The summed E-state index contributed by atoms with van der Waals surface area (Å²) < 4.78 is 5.15. The molecule has 3 nitrogen and oxygen atoms in total. The van der Waals surface area contributed by atoms with Crippen LogP contribution in [0.5, 0.6) is 5.75 Å². The van der Waals surface area contributed by atoms with E-state index >= 15 is 0 Å². The topological polar surface area (TPSA) is 29.5 Å². The summed E-state index contributed by atoms with van der Waals surface area (Å²) >= 11 is 0. The monoisotopic (exact) mass is 273 g/mol. The standard InChI is InChI=1S/C17H23NO2/c1-18(2)12-15-6-4-5-14(17(15)19)11-13-7-9-16(20-3)10-8-13/h7-11,15H,4-6,12H2,1-3H3/b14-11-. The minimum Gasteiger partial charge on any atom is -0.497 e. The molecule has 20 heavy (non-hydrogen) atoms.